The minimum Gasteiger partial charge on any atom is -0.453 e. The topological polar surface area (TPSA) is 200 Å². The first-order valence-corrected chi connectivity index (χ1v) is 19.7. The van der Waals surface area contributed by atoms with Crippen molar-refractivity contribution < 1.29 is 28.7 Å². The summed E-state index contributed by atoms with van der Waals surface area (Å²) in [7, 11) is 2.57. The van der Waals surface area contributed by atoms with Crippen molar-refractivity contribution in [3.8, 4) is 33.8 Å². The van der Waals surface area contributed by atoms with Crippen molar-refractivity contribution in [1.29, 1.82) is 0 Å². The van der Waals surface area contributed by atoms with Gasteiger partial charge in [0.15, 0.2) is 5.82 Å². The van der Waals surface area contributed by atoms with Crippen molar-refractivity contribution in [2.75, 3.05) is 27.3 Å². The molecule has 0 unspecified atom stereocenters. The average molecular weight is 791 g/mol. The molecule has 2 aliphatic rings. The minimum atomic E-state index is -0.711. The largest absolute Gasteiger partial charge is 0.453 e. The smallest absolute Gasteiger partial charge is 0.407 e. The number of aromatic amines is 2. The fourth-order valence-corrected chi connectivity index (χ4v) is 7.84. The van der Waals surface area contributed by atoms with Gasteiger partial charge in [-0.1, -0.05) is 58.0 Å². The highest BCUT2D eigenvalue weighted by Crippen LogP contribution is 2.35. The molecule has 4 amide bonds. The normalized spacial score (nSPS) is 17.8. The highest BCUT2D eigenvalue weighted by molar-refractivity contribution is 5.88. The summed E-state index contributed by atoms with van der Waals surface area (Å²) in [5.41, 5.74) is 6.08. The number of nitrogens with one attached hydrogen (secondary N) is 4. The lowest BCUT2D eigenvalue weighted by atomic mass is 10.0. The Bertz CT molecular complexity index is 2270. The molecule has 0 radical (unpaired) electrons. The number of aromatic nitrogens is 6. The molecule has 2 fully saturated rings. The van der Waals surface area contributed by atoms with Crippen LogP contribution in [0.2, 0.25) is 0 Å². The van der Waals surface area contributed by atoms with E-state index in [1.54, 1.807) is 23.5 Å². The van der Waals surface area contributed by atoms with E-state index in [1.165, 1.54) is 14.2 Å². The number of imidazole rings is 2. The molecule has 58 heavy (non-hydrogen) atoms. The van der Waals surface area contributed by atoms with Gasteiger partial charge in [0.25, 0.3) is 0 Å². The zero-order chi connectivity index (χ0) is 41.1. The number of hydrogen-bond acceptors (Lipinski definition) is 10. The summed E-state index contributed by atoms with van der Waals surface area (Å²) in [6.07, 6.45) is 7.20. The fraction of sp³-hybridized carbons (Fsp3) is 0.429. The summed E-state index contributed by atoms with van der Waals surface area (Å²) in [6.45, 7) is 8.72. The molecule has 0 bridgehead atoms. The van der Waals surface area contributed by atoms with Gasteiger partial charge in [0, 0.05) is 37.2 Å². The number of amides is 4. The van der Waals surface area contributed by atoms with E-state index >= 15 is 0 Å². The third-order valence-corrected chi connectivity index (χ3v) is 11.0. The predicted octanol–water partition coefficient (Wildman–Crippen LogP) is 6.17. The molecule has 7 rings (SSSR count). The van der Waals surface area contributed by atoms with Crippen molar-refractivity contribution in [2.45, 2.75) is 77.5 Å². The number of ether oxygens (including phenoxy) is 2. The number of hydrogen-bond donors (Lipinski definition) is 4. The molecule has 3 aromatic heterocycles. The maximum atomic E-state index is 13.6. The van der Waals surface area contributed by atoms with Gasteiger partial charge in [0.05, 0.1) is 37.3 Å². The van der Waals surface area contributed by atoms with Crippen molar-refractivity contribution in [3.05, 3.63) is 72.7 Å². The van der Waals surface area contributed by atoms with Gasteiger partial charge < -0.3 is 39.9 Å². The van der Waals surface area contributed by atoms with Crippen LogP contribution in [0.3, 0.4) is 0 Å². The predicted molar refractivity (Wildman–Crippen MR) is 216 cm³/mol. The summed E-state index contributed by atoms with van der Waals surface area (Å²) in [5, 5.41) is 5.38. The number of H-pyrrole nitrogens is 2. The van der Waals surface area contributed by atoms with Gasteiger partial charge in [-0.2, -0.15) is 0 Å². The Kier molecular flexibility index (Phi) is 11.7. The molecule has 5 aromatic rings. The van der Waals surface area contributed by atoms with Crippen molar-refractivity contribution in [3.63, 3.8) is 0 Å². The standard InChI is InChI=1S/C42H50N10O6/c1-23(2)34(49-41(55)57-5)39(53)51-17-7-9-32(51)37-45-22-31(48-37)36-43-20-28(21-44-36)26-13-11-25(12-14-26)27-15-16-29-30(19-27)47-38(46-29)33-10-8-18-52(33)40(54)35(24(3)4)50-42(56)58-6/h11-16,19-24,32-35H,7-10,17-18H2,1-6H3,(H,45,48)(H,46,47)(H,49,55)(H,50,56)/t32-,33-,34-,35-/m0/s1. The molecule has 0 saturated carbocycles. The molecule has 2 aliphatic heterocycles. The lowest BCUT2D eigenvalue weighted by Crippen LogP contribution is -2.51. The van der Waals surface area contributed by atoms with Crippen LogP contribution in [-0.2, 0) is 19.1 Å². The molecule has 2 aromatic carbocycles. The van der Waals surface area contributed by atoms with Crippen LogP contribution in [0, 0.1) is 11.8 Å². The number of carbonyl (C=O) groups is 4. The number of alkyl carbamates (subject to hydrolysis) is 2. The number of rotatable bonds is 11. The highest BCUT2D eigenvalue weighted by Gasteiger charge is 2.39. The van der Waals surface area contributed by atoms with Crippen LogP contribution in [0.5, 0.6) is 0 Å². The zero-order valence-electron chi connectivity index (χ0n) is 33.6. The van der Waals surface area contributed by atoms with Crippen LogP contribution in [0.15, 0.2) is 61.1 Å². The van der Waals surface area contributed by atoms with Gasteiger partial charge in [-0.15, -0.1) is 0 Å². The number of methoxy groups -OCH3 is 2. The highest BCUT2D eigenvalue weighted by atomic mass is 16.5. The van der Waals surface area contributed by atoms with Gasteiger partial charge in [-0.25, -0.2) is 29.5 Å². The first-order valence-electron chi connectivity index (χ1n) is 19.7. The van der Waals surface area contributed by atoms with Crippen molar-refractivity contribution in [1.82, 2.24) is 50.3 Å². The number of benzene rings is 2. The molecule has 16 nitrogen and oxygen atoms in total. The Morgan fingerprint density at radius 1 is 0.707 bits per heavy atom. The molecule has 304 valence electrons. The Morgan fingerprint density at radius 3 is 1.76 bits per heavy atom. The summed E-state index contributed by atoms with van der Waals surface area (Å²) in [5.74, 6) is 1.28. The summed E-state index contributed by atoms with van der Waals surface area (Å²) in [6, 6.07) is 12.4. The lowest BCUT2D eigenvalue weighted by Gasteiger charge is -2.29. The van der Waals surface area contributed by atoms with Crippen LogP contribution in [0.1, 0.15) is 77.1 Å². The second-order valence-electron chi connectivity index (χ2n) is 15.5. The SMILES string of the molecule is COC(=O)N[C@H](C(=O)N1CCC[C@H]1c1nc(-c2ncc(-c3ccc(-c4ccc5[nH]c([C@@H]6CCCN6C(=O)[C@@H](NC(=O)OC)C(C)C)nc5c4)cc3)cn2)c[nH]1)C(C)C. The Labute approximate surface area is 336 Å². The summed E-state index contributed by atoms with van der Waals surface area (Å²) >= 11 is 0. The molecular weight excluding hydrogens is 741 g/mol. The first kappa shape index (κ1) is 39.9. The van der Waals surface area contributed by atoms with Gasteiger partial charge in [0.1, 0.15) is 29.4 Å². The second-order valence-corrected chi connectivity index (χ2v) is 15.5. The van der Waals surface area contributed by atoms with Crippen molar-refractivity contribution >= 4 is 35.0 Å². The maximum absolute atomic E-state index is 13.6. The van der Waals surface area contributed by atoms with Crippen LogP contribution < -0.4 is 10.6 Å². The number of carbonyl (C=O) groups excluding carboxylic acids is 4. The average Bonchev–Trinajstić information content (AvgIpc) is 4.07. The van der Waals surface area contributed by atoms with E-state index in [9.17, 15) is 19.2 Å². The van der Waals surface area contributed by atoms with Gasteiger partial charge >= 0.3 is 12.2 Å². The third kappa shape index (κ3) is 8.22. The van der Waals surface area contributed by atoms with E-state index in [0.717, 1.165) is 64.8 Å². The van der Waals surface area contributed by atoms with Crippen LogP contribution in [-0.4, -0.2) is 103 Å². The molecule has 5 heterocycles. The van der Waals surface area contributed by atoms with Crippen molar-refractivity contribution in [2.24, 2.45) is 11.8 Å². The van der Waals surface area contributed by atoms with E-state index < -0.39 is 24.3 Å². The van der Waals surface area contributed by atoms with Gasteiger partial charge in [-0.05, 0) is 66.3 Å². The Morgan fingerprint density at radius 2 is 1.22 bits per heavy atom. The molecule has 2 saturated heterocycles. The van der Waals surface area contributed by atoms with E-state index in [1.807, 2.05) is 62.9 Å². The van der Waals surface area contributed by atoms with Crippen LogP contribution in [0.4, 0.5) is 9.59 Å². The number of fused-ring (bicyclic) bond motifs is 1. The fourth-order valence-electron chi connectivity index (χ4n) is 7.84. The van der Waals surface area contributed by atoms with Gasteiger partial charge in [0.2, 0.25) is 11.8 Å². The zero-order valence-corrected chi connectivity index (χ0v) is 33.6. The second kappa shape index (κ2) is 17.0. The lowest BCUT2D eigenvalue weighted by molar-refractivity contribution is -0.136. The molecule has 16 heteroatoms. The molecule has 0 spiro atoms. The number of likely N-dealkylation sites (tertiary alicyclic amines) is 2. The van der Waals surface area contributed by atoms with Gasteiger partial charge in [-0.3, -0.25) is 9.59 Å². The van der Waals surface area contributed by atoms with Crippen LogP contribution in [0.25, 0.3) is 44.8 Å². The van der Waals surface area contributed by atoms with E-state index in [-0.39, 0.29) is 35.7 Å². The Hall–Kier alpha value is -6.32. The maximum Gasteiger partial charge on any atom is 0.407 e. The molecular formula is C42H50N10O6. The molecule has 0 aliphatic carbocycles. The minimum absolute atomic E-state index is 0.113. The number of nitrogens with zero attached hydrogens (tertiary/aromatic N) is 6. The summed E-state index contributed by atoms with van der Waals surface area (Å²) < 4.78 is 9.51. The monoisotopic (exact) mass is 790 g/mol. The quantitative estimate of drug-likeness (QED) is 0.120. The van der Waals surface area contributed by atoms with E-state index in [0.29, 0.717) is 30.4 Å². The van der Waals surface area contributed by atoms with E-state index in [4.69, 9.17) is 19.4 Å². The molecule has 4 N–H and O–H groups in total. The molecule has 4 atom stereocenters. The third-order valence-electron chi connectivity index (χ3n) is 11.0. The summed E-state index contributed by atoms with van der Waals surface area (Å²) in [4.78, 5) is 80.2. The van der Waals surface area contributed by atoms with Crippen LogP contribution >= 0.6 is 0 Å². The van der Waals surface area contributed by atoms with E-state index in [2.05, 4.69) is 42.7 Å². The first-order chi connectivity index (χ1) is 27.9. The Balaban J connectivity index is 1.02.